The predicted molar refractivity (Wildman–Crippen MR) is 109 cm³/mol. The number of hydrogen-bond donors (Lipinski definition) is 3. The molecule has 0 unspecified atom stereocenters. The molecule has 6 nitrogen and oxygen atoms in total. The molecule has 0 spiro atoms. The van der Waals surface area contributed by atoms with Gasteiger partial charge in [0.1, 0.15) is 6.04 Å². The molecule has 136 valence electrons. The minimum atomic E-state index is -1.09. The van der Waals surface area contributed by atoms with Crippen LogP contribution in [-0.2, 0) is 4.79 Å². The number of hydrogen-bond acceptors (Lipinski definition) is 3. The van der Waals surface area contributed by atoms with E-state index in [0.717, 1.165) is 9.13 Å². The van der Waals surface area contributed by atoms with Crippen LogP contribution in [0.15, 0.2) is 36.4 Å². The summed E-state index contributed by atoms with van der Waals surface area (Å²) in [4.78, 5) is 23.3. The number of halogens is 3. The summed E-state index contributed by atoms with van der Waals surface area (Å²) < 4.78 is 1.07. The third-order valence-corrected chi connectivity index (χ3v) is 5.49. The first kappa shape index (κ1) is 19.1. The SMILES string of the molecule is NC(=O)NN1c2cc(Cl)cc(Cl)c2[C@@H](c2ccc(I)cc2)C[C@@H]1C(=O)O. The number of carboxylic acids is 1. The van der Waals surface area contributed by atoms with Crippen LogP contribution in [0.1, 0.15) is 23.5 Å². The first-order valence-electron chi connectivity index (χ1n) is 7.60. The van der Waals surface area contributed by atoms with Crippen molar-refractivity contribution in [3.8, 4) is 0 Å². The van der Waals surface area contributed by atoms with Crippen molar-refractivity contribution in [1.29, 1.82) is 0 Å². The van der Waals surface area contributed by atoms with Gasteiger partial charge in [0.2, 0.25) is 0 Å². The van der Waals surface area contributed by atoms with Crippen molar-refractivity contribution >= 4 is 63.5 Å². The summed E-state index contributed by atoms with van der Waals surface area (Å²) in [6.07, 6.45) is 0.213. The number of carbonyl (C=O) groups is 2. The Labute approximate surface area is 173 Å². The summed E-state index contributed by atoms with van der Waals surface area (Å²) in [5.74, 6) is -1.35. The van der Waals surface area contributed by atoms with Crippen molar-refractivity contribution in [3.05, 3.63) is 61.1 Å². The van der Waals surface area contributed by atoms with E-state index in [4.69, 9.17) is 28.9 Å². The summed E-state index contributed by atoms with van der Waals surface area (Å²) in [6.45, 7) is 0. The van der Waals surface area contributed by atoms with Crippen LogP contribution in [0.25, 0.3) is 0 Å². The first-order valence-corrected chi connectivity index (χ1v) is 9.44. The second-order valence-electron chi connectivity index (χ2n) is 5.86. The Morgan fingerprint density at radius 1 is 1.23 bits per heavy atom. The smallest absolute Gasteiger partial charge is 0.331 e. The quantitative estimate of drug-likeness (QED) is 0.550. The number of nitrogens with one attached hydrogen (secondary N) is 1. The maximum Gasteiger partial charge on any atom is 0.331 e. The van der Waals surface area contributed by atoms with Gasteiger partial charge in [-0.3, -0.25) is 5.01 Å². The fraction of sp³-hybridized carbons (Fsp3) is 0.176. The fourth-order valence-corrected chi connectivity index (χ4v) is 4.17. The van der Waals surface area contributed by atoms with Crippen LogP contribution >= 0.6 is 45.8 Å². The highest BCUT2D eigenvalue weighted by atomic mass is 127. The molecule has 2 aromatic carbocycles. The zero-order chi connectivity index (χ0) is 19.0. The van der Waals surface area contributed by atoms with E-state index in [1.54, 1.807) is 12.1 Å². The van der Waals surface area contributed by atoms with Gasteiger partial charge < -0.3 is 10.8 Å². The Bertz CT molecular complexity index is 876. The molecule has 0 fully saturated rings. The van der Waals surface area contributed by atoms with Gasteiger partial charge in [0.15, 0.2) is 0 Å². The van der Waals surface area contributed by atoms with Crippen LogP contribution in [0.5, 0.6) is 0 Å². The van der Waals surface area contributed by atoms with Crippen LogP contribution in [-0.4, -0.2) is 23.1 Å². The molecule has 1 heterocycles. The van der Waals surface area contributed by atoms with Gasteiger partial charge >= 0.3 is 12.0 Å². The van der Waals surface area contributed by atoms with E-state index in [-0.39, 0.29) is 12.3 Å². The van der Waals surface area contributed by atoms with Crippen molar-refractivity contribution in [2.24, 2.45) is 5.73 Å². The molecule has 0 radical (unpaired) electrons. The Balaban J connectivity index is 2.20. The summed E-state index contributed by atoms with van der Waals surface area (Å²) in [6, 6.07) is 9.07. The highest BCUT2D eigenvalue weighted by Crippen LogP contribution is 2.46. The van der Waals surface area contributed by atoms with E-state index >= 15 is 0 Å². The molecule has 9 heteroatoms. The first-order chi connectivity index (χ1) is 12.3. The molecule has 0 saturated heterocycles. The van der Waals surface area contributed by atoms with Crippen molar-refractivity contribution in [3.63, 3.8) is 0 Å². The highest BCUT2D eigenvalue weighted by Gasteiger charge is 2.39. The lowest BCUT2D eigenvalue weighted by Crippen LogP contribution is -2.56. The van der Waals surface area contributed by atoms with Gasteiger partial charge in [-0.15, -0.1) is 0 Å². The third-order valence-electron chi connectivity index (χ3n) is 4.24. The average molecular weight is 506 g/mol. The number of primary amides is 1. The number of carboxylic acid groups (broad SMARTS) is 1. The van der Waals surface area contributed by atoms with E-state index in [2.05, 4.69) is 28.0 Å². The largest absolute Gasteiger partial charge is 0.480 e. The van der Waals surface area contributed by atoms with Gasteiger partial charge in [-0.25, -0.2) is 15.0 Å². The number of aliphatic carboxylic acids is 1. The molecule has 2 aromatic rings. The van der Waals surface area contributed by atoms with Crippen LogP contribution in [0, 0.1) is 3.57 Å². The standard InChI is InChI=1S/C17H14Cl2IN3O3/c18-9-5-12(19)15-11(8-1-3-10(20)4-2-8)7-14(16(24)25)23(13(15)6-9)22-17(21)26/h1-6,11,14H,7H2,(H,24,25)(H3,21,22,26)/t11-,14-/m1/s1. The van der Waals surface area contributed by atoms with Crippen molar-refractivity contribution in [1.82, 2.24) is 5.43 Å². The van der Waals surface area contributed by atoms with E-state index < -0.39 is 18.0 Å². The van der Waals surface area contributed by atoms with Gasteiger partial charge in [0.05, 0.1) is 5.69 Å². The molecule has 0 aromatic heterocycles. The molecule has 3 rings (SSSR count). The molecule has 1 aliphatic rings. The van der Waals surface area contributed by atoms with E-state index in [1.807, 2.05) is 24.3 Å². The molecule has 0 saturated carbocycles. The molecular formula is C17H14Cl2IN3O3. The summed E-state index contributed by atoms with van der Waals surface area (Å²) >= 11 is 14.8. The second-order valence-corrected chi connectivity index (χ2v) is 7.95. The van der Waals surface area contributed by atoms with E-state index in [9.17, 15) is 14.7 Å². The monoisotopic (exact) mass is 505 g/mol. The Kier molecular flexibility index (Phi) is 5.50. The minimum absolute atomic E-state index is 0.213. The van der Waals surface area contributed by atoms with Crippen molar-refractivity contribution in [2.45, 2.75) is 18.4 Å². The number of anilines is 1. The Morgan fingerprint density at radius 3 is 2.46 bits per heavy atom. The number of nitrogens with zero attached hydrogens (tertiary/aromatic N) is 1. The van der Waals surface area contributed by atoms with Crippen LogP contribution < -0.4 is 16.2 Å². The molecule has 2 amide bonds. The van der Waals surface area contributed by atoms with Crippen LogP contribution in [0.2, 0.25) is 10.0 Å². The molecule has 0 bridgehead atoms. The van der Waals surface area contributed by atoms with Gasteiger partial charge in [0, 0.05) is 25.1 Å². The summed E-state index contributed by atoms with van der Waals surface area (Å²) in [5.41, 5.74) is 9.66. The van der Waals surface area contributed by atoms with Gasteiger partial charge in [0.25, 0.3) is 0 Å². The lowest BCUT2D eigenvalue weighted by atomic mass is 9.81. The number of carbonyl (C=O) groups excluding carboxylic acids is 1. The summed E-state index contributed by atoms with van der Waals surface area (Å²) in [7, 11) is 0. The highest BCUT2D eigenvalue weighted by molar-refractivity contribution is 14.1. The molecule has 0 aliphatic carbocycles. The van der Waals surface area contributed by atoms with Gasteiger partial charge in [-0.1, -0.05) is 35.3 Å². The third kappa shape index (κ3) is 3.70. The van der Waals surface area contributed by atoms with E-state index in [0.29, 0.717) is 21.3 Å². The maximum atomic E-state index is 11.9. The number of hydrazine groups is 1. The average Bonchev–Trinajstić information content (AvgIpc) is 2.55. The number of fused-ring (bicyclic) bond motifs is 1. The van der Waals surface area contributed by atoms with Crippen LogP contribution in [0.3, 0.4) is 0 Å². The van der Waals surface area contributed by atoms with Crippen molar-refractivity contribution in [2.75, 3.05) is 5.01 Å². The summed E-state index contributed by atoms with van der Waals surface area (Å²) in [5, 5.41) is 11.6. The lowest BCUT2D eigenvalue weighted by molar-refractivity contribution is -0.139. The predicted octanol–water partition coefficient (Wildman–Crippen LogP) is 3.98. The normalized spacial score (nSPS) is 19.0. The number of benzene rings is 2. The number of rotatable bonds is 3. The molecular weight excluding hydrogens is 492 g/mol. The molecule has 2 atom stereocenters. The minimum Gasteiger partial charge on any atom is -0.480 e. The van der Waals surface area contributed by atoms with Crippen LogP contribution in [0.4, 0.5) is 10.5 Å². The zero-order valence-electron chi connectivity index (χ0n) is 13.2. The Morgan fingerprint density at radius 2 is 1.88 bits per heavy atom. The second kappa shape index (κ2) is 7.50. The topological polar surface area (TPSA) is 95.7 Å². The molecule has 4 N–H and O–H groups in total. The van der Waals surface area contributed by atoms with Crippen molar-refractivity contribution < 1.29 is 14.7 Å². The molecule has 26 heavy (non-hydrogen) atoms. The van der Waals surface area contributed by atoms with Gasteiger partial charge in [-0.2, -0.15) is 0 Å². The van der Waals surface area contributed by atoms with Gasteiger partial charge in [-0.05, 0) is 58.8 Å². The van der Waals surface area contributed by atoms with E-state index in [1.165, 1.54) is 5.01 Å². The maximum absolute atomic E-state index is 11.9. The Hall–Kier alpha value is -1.71. The fourth-order valence-electron chi connectivity index (χ4n) is 3.20. The number of amides is 2. The molecule has 1 aliphatic heterocycles. The number of urea groups is 1. The number of nitrogens with two attached hydrogens (primary N) is 1. The lowest BCUT2D eigenvalue weighted by Gasteiger charge is -2.40. The zero-order valence-corrected chi connectivity index (χ0v) is 16.9.